The summed E-state index contributed by atoms with van der Waals surface area (Å²) in [6.07, 6.45) is 1.94. The largest absolute Gasteiger partial charge is 0.493 e. The first-order valence-electron chi connectivity index (χ1n) is 5.88. The van der Waals surface area contributed by atoms with E-state index in [1.165, 1.54) is 0 Å². The molecule has 0 radical (unpaired) electrons. The Balaban J connectivity index is 2.50. The Labute approximate surface area is 102 Å². The third-order valence-electron chi connectivity index (χ3n) is 2.55. The minimum Gasteiger partial charge on any atom is -0.493 e. The predicted octanol–water partition coefficient (Wildman–Crippen LogP) is 4.48. The third-order valence-corrected chi connectivity index (χ3v) is 2.55. The summed E-state index contributed by atoms with van der Waals surface area (Å²) in [6, 6.07) is 2.27. The molecule has 0 amide bonds. The van der Waals surface area contributed by atoms with Crippen LogP contribution in [0.3, 0.4) is 0 Å². The van der Waals surface area contributed by atoms with Gasteiger partial charge in [0.05, 0.1) is 6.61 Å². The SMILES string of the molecule is Cc1cc(F)c(F)cc1OCCCC(C)(C)C. The fourth-order valence-corrected chi connectivity index (χ4v) is 1.57. The predicted molar refractivity (Wildman–Crippen MR) is 65.3 cm³/mol. The van der Waals surface area contributed by atoms with E-state index in [2.05, 4.69) is 20.8 Å². The van der Waals surface area contributed by atoms with Gasteiger partial charge in [-0.05, 0) is 36.8 Å². The van der Waals surface area contributed by atoms with Crippen molar-refractivity contribution in [1.82, 2.24) is 0 Å². The molecule has 3 heteroatoms. The van der Waals surface area contributed by atoms with Crippen molar-refractivity contribution in [2.45, 2.75) is 40.5 Å². The van der Waals surface area contributed by atoms with E-state index in [4.69, 9.17) is 4.74 Å². The molecule has 0 heterocycles. The van der Waals surface area contributed by atoms with Crippen LogP contribution in [0.4, 0.5) is 8.78 Å². The molecule has 0 saturated carbocycles. The van der Waals surface area contributed by atoms with Gasteiger partial charge in [0.15, 0.2) is 11.6 Å². The van der Waals surface area contributed by atoms with Gasteiger partial charge >= 0.3 is 0 Å². The molecule has 0 atom stereocenters. The average molecular weight is 242 g/mol. The quantitative estimate of drug-likeness (QED) is 0.707. The fourth-order valence-electron chi connectivity index (χ4n) is 1.57. The van der Waals surface area contributed by atoms with Crippen molar-refractivity contribution in [2.24, 2.45) is 5.41 Å². The van der Waals surface area contributed by atoms with Crippen LogP contribution in [-0.2, 0) is 0 Å². The molecule has 0 aromatic heterocycles. The first kappa shape index (κ1) is 13.9. The molecule has 17 heavy (non-hydrogen) atoms. The summed E-state index contributed by atoms with van der Waals surface area (Å²) in [5, 5.41) is 0. The summed E-state index contributed by atoms with van der Waals surface area (Å²) in [7, 11) is 0. The Morgan fingerprint density at radius 2 is 1.71 bits per heavy atom. The van der Waals surface area contributed by atoms with Crippen molar-refractivity contribution >= 4 is 0 Å². The molecule has 1 aromatic rings. The Kier molecular flexibility index (Phi) is 4.49. The topological polar surface area (TPSA) is 9.23 Å². The molecular formula is C14H20F2O. The third kappa shape index (κ3) is 4.72. The number of benzene rings is 1. The van der Waals surface area contributed by atoms with Crippen LogP contribution in [-0.4, -0.2) is 6.61 Å². The van der Waals surface area contributed by atoms with Gasteiger partial charge in [0.1, 0.15) is 5.75 Å². The Hall–Kier alpha value is -1.12. The number of rotatable bonds is 4. The van der Waals surface area contributed by atoms with Crippen molar-refractivity contribution in [2.75, 3.05) is 6.61 Å². The van der Waals surface area contributed by atoms with Gasteiger partial charge in [0, 0.05) is 6.07 Å². The van der Waals surface area contributed by atoms with E-state index in [-0.39, 0.29) is 5.41 Å². The van der Waals surface area contributed by atoms with Crippen LogP contribution in [0.15, 0.2) is 12.1 Å². The van der Waals surface area contributed by atoms with Crippen LogP contribution in [0.1, 0.15) is 39.2 Å². The number of hydrogen-bond acceptors (Lipinski definition) is 1. The molecule has 0 aliphatic carbocycles. The van der Waals surface area contributed by atoms with Gasteiger partial charge in [-0.2, -0.15) is 0 Å². The lowest BCUT2D eigenvalue weighted by molar-refractivity contribution is 0.266. The number of halogens is 2. The molecule has 1 nitrogen and oxygen atoms in total. The molecule has 0 N–H and O–H groups in total. The summed E-state index contributed by atoms with van der Waals surface area (Å²) in [6.45, 7) is 8.73. The van der Waals surface area contributed by atoms with Crippen molar-refractivity contribution in [1.29, 1.82) is 0 Å². The Morgan fingerprint density at radius 3 is 2.29 bits per heavy atom. The zero-order valence-electron chi connectivity index (χ0n) is 10.9. The highest BCUT2D eigenvalue weighted by Gasteiger charge is 2.11. The van der Waals surface area contributed by atoms with Crippen LogP contribution in [0.2, 0.25) is 0 Å². The molecule has 0 aliphatic heterocycles. The first-order valence-corrected chi connectivity index (χ1v) is 5.88. The molecule has 0 unspecified atom stereocenters. The molecule has 0 bridgehead atoms. The van der Waals surface area contributed by atoms with Crippen LogP contribution in [0.5, 0.6) is 5.75 Å². The van der Waals surface area contributed by atoms with E-state index in [1.807, 2.05) is 0 Å². The lowest BCUT2D eigenvalue weighted by atomic mass is 9.91. The summed E-state index contributed by atoms with van der Waals surface area (Å²) in [5.41, 5.74) is 0.895. The maximum absolute atomic E-state index is 13.0. The minimum absolute atomic E-state index is 0.270. The molecule has 0 spiro atoms. The van der Waals surface area contributed by atoms with Gasteiger partial charge < -0.3 is 4.74 Å². The number of ether oxygens (including phenoxy) is 1. The van der Waals surface area contributed by atoms with Crippen molar-refractivity contribution in [3.05, 3.63) is 29.3 Å². The standard InChI is InChI=1S/C14H20F2O/c1-10-8-11(15)12(16)9-13(10)17-7-5-6-14(2,3)4/h8-9H,5-7H2,1-4H3. The van der Waals surface area contributed by atoms with Crippen LogP contribution in [0, 0.1) is 24.0 Å². The normalized spacial score (nSPS) is 11.6. The lowest BCUT2D eigenvalue weighted by Crippen LogP contribution is -2.08. The average Bonchev–Trinajstić information content (AvgIpc) is 2.18. The van der Waals surface area contributed by atoms with Gasteiger partial charge in [0.2, 0.25) is 0 Å². The van der Waals surface area contributed by atoms with E-state index in [1.54, 1.807) is 6.92 Å². The molecule has 0 fully saturated rings. The van der Waals surface area contributed by atoms with E-state index < -0.39 is 11.6 Å². The van der Waals surface area contributed by atoms with Gasteiger partial charge in [0.25, 0.3) is 0 Å². The fraction of sp³-hybridized carbons (Fsp3) is 0.571. The maximum atomic E-state index is 13.0. The van der Waals surface area contributed by atoms with E-state index in [9.17, 15) is 8.78 Å². The van der Waals surface area contributed by atoms with Crippen LogP contribution in [0.25, 0.3) is 0 Å². The van der Waals surface area contributed by atoms with Gasteiger partial charge in [-0.25, -0.2) is 8.78 Å². The maximum Gasteiger partial charge on any atom is 0.162 e. The summed E-state index contributed by atoms with van der Waals surface area (Å²) < 4.78 is 31.3. The first-order chi connectivity index (χ1) is 7.79. The second-order valence-electron chi connectivity index (χ2n) is 5.54. The number of aryl methyl sites for hydroxylation is 1. The van der Waals surface area contributed by atoms with Gasteiger partial charge in [-0.3, -0.25) is 0 Å². The summed E-state index contributed by atoms with van der Waals surface area (Å²) in [4.78, 5) is 0. The summed E-state index contributed by atoms with van der Waals surface area (Å²) >= 11 is 0. The molecule has 0 aliphatic rings. The van der Waals surface area contributed by atoms with Gasteiger partial charge in [-0.1, -0.05) is 20.8 Å². The Morgan fingerprint density at radius 1 is 1.12 bits per heavy atom. The minimum atomic E-state index is -0.860. The number of hydrogen-bond donors (Lipinski definition) is 0. The van der Waals surface area contributed by atoms with Crippen molar-refractivity contribution in [3.63, 3.8) is 0 Å². The molecular weight excluding hydrogens is 222 g/mol. The molecule has 1 aromatic carbocycles. The van der Waals surface area contributed by atoms with Crippen LogP contribution < -0.4 is 4.74 Å². The van der Waals surface area contributed by atoms with E-state index in [0.717, 1.165) is 25.0 Å². The molecule has 96 valence electrons. The monoisotopic (exact) mass is 242 g/mol. The second kappa shape index (κ2) is 5.48. The summed E-state index contributed by atoms with van der Waals surface area (Å²) in [5.74, 6) is -1.26. The highest BCUT2D eigenvalue weighted by atomic mass is 19.2. The lowest BCUT2D eigenvalue weighted by Gasteiger charge is -2.18. The van der Waals surface area contributed by atoms with Crippen LogP contribution >= 0.6 is 0 Å². The van der Waals surface area contributed by atoms with E-state index in [0.29, 0.717) is 17.9 Å². The molecule has 1 rings (SSSR count). The zero-order valence-corrected chi connectivity index (χ0v) is 10.9. The van der Waals surface area contributed by atoms with E-state index >= 15 is 0 Å². The second-order valence-corrected chi connectivity index (χ2v) is 5.54. The van der Waals surface area contributed by atoms with Crippen molar-refractivity contribution in [3.8, 4) is 5.75 Å². The molecule has 0 saturated heterocycles. The highest BCUT2D eigenvalue weighted by molar-refractivity contribution is 5.33. The Bertz CT molecular complexity index is 381. The zero-order chi connectivity index (χ0) is 13.1. The smallest absolute Gasteiger partial charge is 0.162 e. The van der Waals surface area contributed by atoms with Gasteiger partial charge in [-0.15, -0.1) is 0 Å². The highest BCUT2D eigenvalue weighted by Crippen LogP contribution is 2.23. The van der Waals surface area contributed by atoms with Crippen molar-refractivity contribution < 1.29 is 13.5 Å².